The van der Waals surface area contributed by atoms with Gasteiger partial charge in [0.1, 0.15) is 0 Å². The summed E-state index contributed by atoms with van der Waals surface area (Å²) >= 11 is 1.63. The van der Waals surface area contributed by atoms with Crippen LogP contribution in [-0.4, -0.2) is 5.78 Å². The molecule has 0 fully saturated rings. The van der Waals surface area contributed by atoms with Crippen LogP contribution < -0.4 is 0 Å². The second kappa shape index (κ2) is 5.08. The van der Waals surface area contributed by atoms with Gasteiger partial charge in [-0.3, -0.25) is 4.79 Å². The van der Waals surface area contributed by atoms with Crippen molar-refractivity contribution in [1.29, 1.82) is 0 Å². The van der Waals surface area contributed by atoms with E-state index in [1.807, 2.05) is 41.8 Å². The normalized spacial score (nSPS) is 10.3. The number of carbonyl (C=O) groups is 1. The van der Waals surface area contributed by atoms with Crippen LogP contribution in [-0.2, 0) is 12.8 Å². The summed E-state index contributed by atoms with van der Waals surface area (Å²) in [6.45, 7) is 2.11. The van der Waals surface area contributed by atoms with Gasteiger partial charge in [-0.1, -0.05) is 37.3 Å². The first kappa shape index (κ1) is 11.1. The smallest absolute Gasteiger partial charge is 0.168 e. The molecule has 0 atom stereocenters. The number of thiophene rings is 1. The minimum Gasteiger partial charge on any atom is -0.294 e. The molecule has 1 aromatic heterocycles. The average Bonchev–Trinajstić information content (AvgIpc) is 2.82. The molecule has 0 aliphatic rings. The van der Waals surface area contributed by atoms with Crippen LogP contribution in [0.25, 0.3) is 0 Å². The molecule has 0 aliphatic heterocycles. The lowest BCUT2D eigenvalue weighted by atomic mass is 10.0. The topological polar surface area (TPSA) is 17.1 Å². The van der Waals surface area contributed by atoms with Crippen LogP contribution >= 0.6 is 11.3 Å². The maximum Gasteiger partial charge on any atom is 0.168 e. The Labute approximate surface area is 99.8 Å². The van der Waals surface area contributed by atoms with E-state index in [0.717, 1.165) is 16.9 Å². The summed E-state index contributed by atoms with van der Waals surface area (Å²) in [5, 5.41) is 2.00. The molecule has 0 spiro atoms. The molecule has 0 radical (unpaired) electrons. The molecule has 2 heteroatoms. The lowest BCUT2D eigenvalue weighted by Crippen LogP contribution is -2.02. The molecule has 2 aromatic rings. The van der Waals surface area contributed by atoms with Crippen molar-refractivity contribution in [2.45, 2.75) is 19.8 Å². The zero-order chi connectivity index (χ0) is 11.4. The van der Waals surface area contributed by atoms with Crippen molar-refractivity contribution < 1.29 is 4.79 Å². The molecule has 0 saturated carbocycles. The van der Waals surface area contributed by atoms with E-state index in [-0.39, 0.29) is 5.78 Å². The first-order valence-electron chi connectivity index (χ1n) is 5.44. The number of Topliss-reactive ketones (excluding diaryl/α,β-unsaturated/α-hetero) is 1. The van der Waals surface area contributed by atoms with Crippen LogP contribution in [0.3, 0.4) is 0 Å². The van der Waals surface area contributed by atoms with E-state index in [1.165, 1.54) is 5.56 Å². The van der Waals surface area contributed by atoms with Gasteiger partial charge in [-0.15, -0.1) is 11.3 Å². The number of benzene rings is 1. The van der Waals surface area contributed by atoms with E-state index in [1.54, 1.807) is 11.3 Å². The van der Waals surface area contributed by atoms with Gasteiger partial charge in [0, 0.05) is 16.9 Å². The minimum absolute atomic E-state index is 0.199. The number of rotatable bonds is 4. The highest BCUT2D eigenvalue weighted by Crippen LogP contribution is 2.13. The Bertz CT molecular complexity index is 454. The van der Waals surface area contributed by atoms with Gasteiger partial charge in [0.05, 0.1) is 0 Å². The molecule has 0 amide bonds. The Morgan fingerprint density at radius 1 is 1.19 bits per heavy atom. The molecular formula is C14H14OS. The van der Waals surface area contributed by atoms with Crippen molar-refractivity contribution in [3.63, 3.8) is 0 Å². The van der Waals surface area contributed by atoms with Crippen LogP contribution in [0.1, 0.15) is 27.7 Å². The molecule has 16 heavy (non-hydrogen) atoms. The third-order valence-corrected chi connectivity index (χ3v) is 3.48. The molecule has 0 unspecified atom stereocenters. The number of carbonyl (C=O) groups excluding carboxylic acids is 1. The lowest BCUT2D eigenvalue weighted by molar-refractivity contribution is 0.0994. The molecule has 1 aromatic carbocycles. The first-order chi connectivity index (χ1) is 7.79. The van der Waals surface area contributed by atoms with E-state index in [2.05, 4.69) is 6.92 Å². The summed E-state index contributed by atoms with van der Waals surface area (Å²) in [5.41, 5.74) is 2.08. The van der Waals surface area contributed by atoms with Gasteiger partial charge < -0.3 is 0 Å². The second-order valence-corrected chi connectivity index (χ2v) is 4.76. The zero-order valence-electron chi connectivity index (χ0n) is 9.27. The number of aryl methyl sites for hydroxylation is 1. The van der Waals surface area contributed by atoms with Gasteiger partial charge in [0.15, 0.2) is 5.78 Å². The highest BCUT2D eigenvalue weighted by molar-refractivity contribution is 7.10. The molecule has 0 N–H and O–H groups in total. The van der Waals surface area contributed by atoms with E-state index in [0.29, 0.717) is 6.42 Å². The van der Waals surface area contributed by atoms with Gasteiger partial charge in [-0.05, 0) is 23.4 Å². The molecule has 82 valence electrons. The van der Waals surface area contributed by atoms with Crippen LogP contribution in [0, 0.1) is 0 Å². The van der Waals surface area contributed by atoms with Gasteiger partial charge in [-0.25, -0.2) is 0 Å². The van der Waals surface area contributed by atoms with Crippen LogP contribution in [0.5, 0.6) is 0 Å². The predicted octanol–water partition coefficient (Wildman–Crippen LogP) is 3.74. The molecular weight excluding hydrogens is 216 g/mol. The SMILES string of the molecule is CCc1ccc(C(=O)Cc2cccs2)cc1. The Morgan fingerprint density at radius 3 is 2.50 bits per heavy atom. The van der Waals surface area contributed by atoms with Crippen molar-refractivity contribution in [1.82, 2.24) is 0 Å². The summed E-state index contributed by atoms with van der Waals surface area (Å²) in [5.74, 6) is 0.199. The lowest BCUT2D eigenvalue weighted by Gasteiger charge is -2.01. The van der Waals surface area contributed by atoms with Gasteiger partial charge in [0.2, 0.25) is 0 Å². The fraction of sp³-hybridized carbons (Fsp3) is 0.214. The van der Waals surface area contributed by atoms with E-state index in [4.69, 9.17) is 0 Å². The number of ketones is 1. The molecule has 0 bridgehead atoms. The standard InChI is InChI=1S/C14H14OS/c1-2-11-5-7-12(8-6-11)14(15)10-13-4-3-9-16-13/h3-9H,2,10H2,1H3. The molecule has 1 heterocycles. The first-order valence-corrected chi connectivity index (χ1v) is 6.32. The largest absolute Gasteiger partial charge is 0.294 e. The second-order valence-electron chi connectivity index (χ2n) is 3.73. The summed E-state index contributed by atoms with van der Waals surface area (Å²) in [6.07, 6.45) is 1.53. The molecule has 1 nitrogen and oxygen atoms in total. The Morgan fingerprint density at radius 2 is 1.94 bits per heavy atom. The zero-order valence-corrected chi connectivity index (χ0v) is 10.1. The van der Waals surface area contributed by atoms with Crippen molar-refractivity contribution in [2.24, 2.45) is 0 Å². The van der Waals surface area contributed by atoms with Gasteiger partial charge >= 0.3 is 0 Å². The van der Waals surface area contributed by atoms with E-state index >= 15 is 0 Å². The summed E-state index contributed by atoms with van der Waals surface area (Å²) in [7, 11) is 0. The number of hydrogen-bond acceptors (Lipinski definition) is 2. The van der Waals surface area contributed by atoms with Crippen LogP contribution in [0.2, 0.25) is 0 Å². The van der Waals surface area contributed by atoms with Crippen molar-refractivity contribution >= 4 is 17.1 Å². The van der Waals surface area contributed by atoms with Crippen molar-refractivity contribution in [3.8, 4) is 0 Å². The van der Waals surface area contributed by atoms with Crippen LogP contribution in [0.4, 0.5) is 0 Å². The quantitative estimate of drug-likeness (QED) is 0.731. The van der Waals surface area contributed by atoms with Crippen LogP contribution in [0.15, 0.2) is 41.8 Å². The van der Waals surface area contributed by atoms with Crippen molar-refractivity contribution in [2.75, 3.05) is 0 Å². The third kappa shape index (κ3) is 2.58. The Hall–Kier alpha value is -1.41. The van der Waals surface area contributed by atoms with Gasteiger partial charge in [0.25, 0.3) is 0 Å². The van der Waals surface area contributed by atoms with Gasteiger partial charge in [-0.2, -0.15) is 0 Å². The van der Waals surface area contributed by atoms with E-state index < -0.39 is 0 Å². The molecule has 0 aliphatic carbocycles. The summed E-state index contributed by atoms with van der Waals surface area (Å²) < 4.78 is 0. The Balaban J connectivity index is 2.09. The minimum atomic E-state index is 0.199. The fourth-order valence-corrected chi connectivity index (χ4v) is 2.30. The maximum atomic E-state index is 11.9. The summed E-state index contributed by atoms with van der Waals surface area (Å²) in [6, 6.07) is 11.9. The maximum absolute atomic E-state index is 11.9. The highest BCUT2D eigenvalue weighted by Gasteiger charge is 2.07. The Kier molecular flexibility index (Phi) is 3.52. The highest BCUT2D eigenvalue weighted by atomic mass is 32.1. The fourth-order valence-electron chi connectivity index (χ4n) is 1.60. The monoisotopic (exact) mass is 230 g/mol. The molecule has 0 saturated heterocycles. The van der Waals surface area contributed by atoms with E-state index in [9.17, 15) is 4.79 Å². The third-order valence-electron chi connectivity index (χ3n) is 2.60. The molecule has 2 rings (SSSR count). The summed E-state index contributed by atoms with van der Waals surface area (Å²) in [4.78, 5) is 13.0. The predicted molar refractivity (Wildman–Crippen MR) is 68.2 cm³/mol. The average molecular weight is 230 g/mol. The van der Waals surface area contributed by atoms with Crippen molar-refractivity contribution in [3.05, 3.63) is 57.8 Å². The number of hydrogen-bond donors (Lipinski definition) is 0.